The number of anilines is 1. The van der Waals surface area contributed by atoms with E-state index in [4.69, 9.17) is 0 Å². The first-order chi connectivity index (χ1) is 12.5. The number of carbonyl (C=O) groups excluding carboxylic acids is 2. The molecule has 3 aromatic rings. The summed E-state index contributed by atoms with van der Waals surface area (Å²) in [6.07, 6.45) is 1.69. The van der Waals surface area contributed by atoms with Crippen LogP contribution >= 0.6 is 0 Å². The Labute approximate surface area is 151 Å². The van der Waals surface area contributed by atoms with Crippen molar-refractivity contribution < 1.29 is 9.59 Å². The molecule has 3 rings (SSSR count). The van der Waals surface area contributed by atoms with Crippen molar-refractivity contribution in [2.24, 2.45) is 7.05 Å². The number of hydrogen-bond acceptors (Lipinski definition) is 3. The summed E-state index contributed by atoms with van der Waals surface area (Å²) >= 11 is 0. The lowest BCUT2D eigenvalue weighted by molar-refractivity contribution is -0.136. The van der Waals surface area contributed by atoms with Crippen molar-refractivity contribution in [3.8, 4) is 0 Å². The minimum atomic E-state index is -0.753. The van der Waals surface area contributed by atoms with Crippen molar-refractivity contribution in [3.05, 3.63) is 83.6 Å². The SMILES string of the molecule is Cc1ccc([C@@H](NC(=O)C(=O)Nc2ccn(C)n2)c2ccccc2)cc1. The Morgan fingerprint density at radius 1 is 0.923 bits per heavy atom. The second-order valence-electron chi connectivity index (χ2n) is 6.06. The fourth-order valence-corrected chi connectivity index (χ4v) is 2.61. The van der Waals surface area contributed by atoms with Crippen LogP contribution in [0.3, 0.4) is 0 Å². The highest BCUT2D eigenvalue weighted by Gasteiger charge is 2.22. The molecule has 2 aromatic carbocycles. The maximum atomic E-state index is 12.4. The minimum Gasteiger partial charge on any atom is -0.337 e. The van der Waals surface area contributed by atoms with Crippen LogP contribution in [0.25, 0.3) is 0 Å². The highest BCUT2D eigenvalue weighted by molar-refractivity contribution is 6.39. The molecule has 2 N–H and O–H groups in total. The summed E-state index contributed by atoms with van der Waals surface area (Å²) in [4.78, 5) is 24.6. The molecule has 0 unspecified atom stereocenters. The Hall–Kier alpha value is -3.41. The van der Waals surface area contributed by atoms with Crippen molar-refractivity contribution in [2.75, 3.05) is 5.32 Å². The summed E-state index contributed by atoms with van der Waals surface area (Å²) in [6.45, 7) is 2.00. The Morgan fingerprint density at radius 2 is 1.58 bits per heavy atom. The monoisotopic (exact) mass is 348 g/mol. The predicted octanol–water partition coefficient (Wildman–Crippen LogP) is 2.57. The molecular formula is C20H20N4O2. The molecule has 0 bridgehead atoms. The van der Waals surface area contributed by atoms with Crippen molar-refractivity contribution in [2.45, 2.75) is 13.0 Å². The summed E-state index contributed by atoms with van der Waals surface area (Å²) in [5.74, 6) is -1.14. The van der Waals surface area contributed by atoms with Gasteiger partial charge in [-0.05, 0) is 18.1 Å². The zero-order valence-electron chi connectivity index (χ0n) is 14.6. The van der Waals surface area contributed by atoms with E-state index in [1.165, 1.54) is 0 Å². The van der Waals surface area contributed by atoms with Crippen LogP contribution in [-0.2, 0) is 16.6 Å². The summed E-state index contributed by atoms with van der Waals surface area (Å²) in [5, 5.41) is 9.35. The van der Waals surface area contributed by atoms with Crippen LogP contribution < -0.4 is 10.6 Å². The fraction of sp³-hybridized carbons (Fsp3) is 0.150. The van der Waals surface area contributed by atoms with E-state index in [0.717, 1.165) is 16.7 Å². The molecule has 1 atom stereocenters. The molecule has 0 saturated heterocycles. The van der Waals surface area contributed by atoms with Gasteiger partial charge in [0.05, 0.1) is 6.04 Å². The molecule has 2 amide bonds. The van der Waals surface area contributed by atoms with Crippen molar-refractivity contribution >= 4 is 17.6 Å². The molecule has 0 aliphatic heterocycles. The highest BCUT2D eigenvalue weighted by atomic mass is 16.2. The third-order valence-corrected chi connectivity index (χ3v) is 3.98. The molecule has 132 valence electrons. The lowest BCUT2D eigenvalue weighted by Crippen LogP contribution is -2.38. The first kappa shape index (κ1) is 17.4. The van der Waals surface area contributed by atoms with E-state index in [0.29, 0.717) is 5.82 Å². The molecule has 0 fully saturated rings. The summed E-state index contributed by atoms with van der Waals surface area (Å²) in [7, 11) is 1.73. The van der Waals surface area contributed by atoms with Gasteiger partial charge in [-0.15, -0.1) is 0 Å². The van der Waals surface area contributed by atoms with E-state index >= 15 is 0 Å². The van der Waals surface area contributed by atoms with Crippen molar-refractivity contribution in [1.82, 2.24) is 15.1 Å². The van der Waals surface area contributed by atoms with Gasteiger partial charge in [0.2, 0.25) is 0 Å². The van der Waals surface area contributed by atoms with Gasteiger partial charge in [-0.25, -0.2) is 0 Å². The number of carbonyl (C=O) groups is 2. The average molecular weight is 348 g/mol. The van der Waals surface area contributed by atoms with Gasteiger partial charge in [-0.1, -0.05) is 60.2 Å². The maximum absolute atomic E-state index is 12.4. The summed E-state index contributed by atoms with van der Waals surface area (Å²) in [6, 6.07) is 18.6. The highest BCUT2D eigenvalue weighted by Crippen LogP contribution is 2.22. The summed E-state index contributed by atoms with van der Waals surface area (Å²) in [5.41, 5.74) is 2.93. The molecule has 6 heteroatoms. The second kappa shape index (κ2) is 7.65. The number of hydrogen-bond donors (Lipinski definition) is 2. The third-order valence-electron chi connectivity index (χ3n) is 3.98. The third kappa shape index (κ3) is 4.16. The molecule has 0 aliphatic carbocycles. The molecule has 0 saturated carbocycles. The molecular weight excluding hydrogens is 328 g/mol. The number of amides is 2. The first-order valence-electron chi connectivity index (χ1n) is 8.26. The molecule has 0 spiro atoms. The number of aromatic nitrogens is 2. The van der Waals surface area contributed by atoms with E-state index < -0.39 is 17.9 Å². The van der Waals surface area contributed by atoms with Crippen LogP contribution in [-0.4, -0.2) is 21.6 Å². The molecule has 26 heavy (non-hydrogen) atoms. The molecule has 0 aliphatic rings. The van der Waals surface area contributed by atoms with Gasteiger partial charge in [0, 0.05) is 19.3 Å². The van der Waals surface area contributed by atoms with Gasteiger partial charge in [-0.2, -0.15) is 5.10 Å². The molecule has 0 radical (unpaired) electrons. The van der Waals surface area contributed by atoms with Crippen LogP contribution in [0.5, 0.6) is 0 Å². The average Bonchev–Trinajstić information content (AvgIpc) is 3.06. The second-order valence-corrected chi connectivity index (χ2v) is 6.06. The zero-order valence-corrected chi connectivity index (χ0v) is 14.6. The topological polar surface area (TPSA) is 76.0 Å². The number of nitrogens with one attached hydrogen (secondary N) is 2. The van der Waals surface area contributed by atoms with E-state index in [1.54, 1.807) is 24.0 Å². The summed E-state index contributed by atoms with van der Waals surface area (Å²) < 4.78 is 1.55. The Kier molecular flexibility index (Phi) is 5.12. The van der Waals surface area contributed by atoms with Crippen molar-refractivity contribution in [1.29, 1.82) is 0 Å². The zero-order chi connectivity index (χ0) is 18.5. The van der Waals surface area contributed by atoms with Gasteiger partial charge in [-0.3, -0.25) is 14.3 Å². The van der Waals surface area contributed by atoms with Crippen LogP contribution in [0.15, 0.2) is 66.9 Å². The van der Waals surface area contributed by atoms with Crippen LogP contribution in [0.4, 0.5) is 5.82 Å². The van der Waals surface area contributed by atoms with Crippen LogP contribution in [0.2, 0.25) is 0 Å². The fourth-order valence-electron chi connectivity index (χ4n) is 2.61. The molecule has 1 heterocycles. The van der Waals surface area contributed by atoms with E-state index in [-0.39, 0.29) is 0 Å². The van der Waals surface area contributed by atoms with Gasteiger partial charge in [0.15, 0.2) is 5.82 Å². The number of nitrogens with zero attached hydrogens (tertiary/aromatic N) is 2. The number of aryl methyl sites for hydroxylation is 2. The van der Waals surface area contributed by atoms with Gasteiger partial charge < -0.3 is 10.6 Å². The quantitative estimate of drug-likeness (QED) is 0.712. The largest absolute Gasteiger partial charge is 0.337 e. The first-order valence-corrected chi connectivity index (χ1v) is 8.26. The van der Waals surface area contributed by atoms with E-state index in [1.807, 2.05) is 61.5 Å². The van der Waals surface area contributed by atoms with Gasteiger partial charge in [0.25, 0.3) is 0 Å². The lowest BCUT2D eigenvalue weighted by Gasteiger charge is -2.19. The van der Waals surface area contributed by atoms with Crippen molar-refractivity contribution in [3.63, 3.8) is 0 Å². The number of benzene rings is 2. The maximum Gasteiger partial charge on any atom is 0.314 e. The van der Waals surface area contributed by atoms with Gasteiger partial charge in [0.1, 0.15) is 0 Å². The number of rotatable bonds is 4. The molecule has 6 nitrogen and oxygen atoms in total. The normalized spacial score (nSPS) is 11.6. The van der Waals surface area contributed by atoms with E-state index in [9.17, 15) is 9.59 Å². The lowest BCUT2D eigenvalue weighted by atomic mass is 9.98. The Morgan fingerprint density at radius 3 is 2.19 bits per heavy atom. The Bertz CT molecular complexity index is 901. The van der Waals surface area contributed by atoms with E-state index in [2.05, 4.69) is 15.7 Å². The standard InChI is InChI=1S/C20H20N4O2/c1-14-8-10-16(11-9-14)18(15-6-4-3-5-7-15)22-20(26)19(25)21-17-12-13-24(2)23-17/h3-13,18H,1-2H3,(H,22,26)(H,21,23,25)/t18-/m0/s1. The predicted molar refractivity (Wildman–Crippen MR) is 99.4 cm³/mol. The minimum absolute atomic E-state index is 0.333. The van der Waals surface area contributed by atoms with Crippen LogP contribution in [0, 0.1) is 6.92 Å². The smallest absolute Gasteiger partial charge is 0.314 e. The molecule has 1 aromatic heterocycles. The Balaban J connectivity index is 1.80. The van der Waals surface area contributed by atoms with Crippen LogP contribution in [0.1, 0.15) is 22.7 Å². The van der Waals surface area contributed by atoms with Gasteiger partial charge >= 0.3 is 11.8 Å².